The first-order valence-corrected chi connectivity index (χ1v) is 5.94. The summed E-state index contributed by atoms with van der Waals surface area (Å²) >= 11 is 0. The second-order valence-corrected chi connectivity index (χ2v) is 4.43. The van der Waals surface area contributed by atoms with Crippen LogP contribution < -0.4 is 11.1 Å². The van der Waals surface area contributed by atoms with Crippen molar-refractivity contribution in [2.75, 3.05) is 5.32 Å². The molecule has 0 bridgehead atoms. The maximum Gasteiger partial charge on any atom is 0.248 e. The molecule has 0 aliphatic carbocycles. The molecule has 2 heterocycles. The monoisotopic (exact) mass is 264 g/mol. The molecule has 0 aliphatic rings. The maximum atomic E-state index is 11.7. The molecule has 2 rings (SSSR count). The number of nitrogens with one attached hydrogen (secondary N) is 1. The van der Waals surface area contributed by atoms with Crippen LogP contribution in [-0.2, 0) is 17.9 Å². The summed E-state index contributed by atoms with van der Waals surface area (Å²) in [5.41, 5.74) is 6.84. The van der Waals surface area contributed by atoms with E-state index in [0.29, 0.717) is 18.1 Å². The lowest BCUT2D eigenvalue weighted by Crippen LogP contribution is -2.18. The van der Waals surface area contributed by atoms with Gasteiger partial charge in [-0.25, -0.2) is 4.68 Å². The van der Waals surface area contributed by atoms with Crippen molar-refractivity contribution >= 4 is 11.8 Å². The van der Waals surface area contributed by atoms with Gasteiger partial charge in [-0.15, -0.1) is 5.10 Å². The Kier molecular flexibility index (Phi) is 3.91. The number of hydrogen-bond acceptors (Lipinski definition) is 6. The van der Waals surface area contributed by atoms with Crippen molar-refractivity contribution in [2.24, 2.45) is 5.73 Å². The fourth-order valence-electron chi connectivity index (χ4n) is 1.45. The zero-order valence-electron chi connectivity index (χ0n) is 10.8. The maximum absolute atomic E-state index is 11.7. The summed E-state index contributed by atoms with van der Waals surface area (Å²) in [4.78, 5) is 11.7. The van der Waals surface area contributed by atoms with E-state index in [1.54, 1.807) is 12.3 Å². The van der Waals surface area contributed by atoms with Gasteiger partial charge in [0, 0.05) is 12.6 Å². The highest BCUT2D eigenvalue weighted by Crippen LogP contribution is 2.17. The van der Waals surface area contributed by atoms with E-state index in [0.717, 1.165) is 5.69 Å². The summed E-state index contributed by atoms with van der Waals surface area (Å²) in [5, 5.41) is 14.0. The molecule has 8 heteroatoms. The zero-order valence-corrected chi connectivity index (χ0v) is 10.8. The first-order chi connectivity index (χ1) is 9.08. The van der Waals surface area contributed by atoms with Gasteiger partial charge in [-0.3, -0.25) is 10.1 Å². The predicted molar refractivity (Wildman–Crippen MR) is 67.1 cm³/mol. The molecule has 2 aromatic heterocycles. The standard InChI is InChI=1S/C11H16N6O2/c1-7(2)9-3-11(19-15-9)13-10(18)6-17-5-8(4-12)14-16-17/h3,5,7H,4,6,12H2,1-2H3,(H,13,18). The lowest BCUT2D eigenvalue weighted by atomic mass is 10.1. The number of nitrogens with zero attached hydrogens (tertiary/aromatic N) is 4. The quantitative estimate of drug-likeness (QED) is 0.812. The molecule has 0 radical (unpaired) electrons. The second kappa shape index (κ2) is 5.61. The van der Waals surface area contributed by atoms with Crippen LogP contribution in [0.2, 0.25) is 0 Å². The Labute approximate surface area is 109 Å². The van der Waals surface area contributed by atoms with Crippen LogP contribution in [-0.4, -0.2) is 26.1 Å². The fourth-order valence-corrected chi connectivity index (χ4v) is 1.45. The number of nitrogens with two attached hydrogens (primary N) is 1. The third kappa shape index (κ3) is 3.38. The molecule has 0 atom stereocenters. The third-order valence-corrected chi connectivity index (χ3v) is 2.48. The molecule has 0 aliphatic heterocycles. The molecule has 2 aromatic rings. The minimum absolute atomic E-state index is 0.0463. The SMILES string of the molecule is CC(C)c1cc(NC(=O)Cn2cc(CN)nn2)on1. The van der Waals surface area contributed by atoms with Gasteiger partial charge in [-0.1, -0.05) is 24.2 Å². The number of carbonyl (C=O) groups excluding carboxylic acids is 1. The van der Waals surface area contributed by atoms with Crippen molar-refractivity contribution in [3.05, 3.63) is 23.7 Å². The van der Waals surface area contributed by atoms with E-state index in [4.69, 9.17) is 10.3 Å². The summed E-state index contributed by atoms with van der Waals surface area (Å²) < 4.78 is 6.43. The van der Waals surface area contributed by atoms with Crippen LogP contribution in [0.3, 0.4) is 0 Å². The van der Waals surface area contributed by atoms with Crippen LogP contribution in [0.5, 0.6) is 0 Å². The number of anilines is 1. The van der Waals surface area contributed by atoms with E-state index in [1.165, 1.54) is 4.68 Å². The highest BCUT2D eigenvalue weighted by atomic mass is 16.5. The highest BCUT2D eigenvalue weighted by molar-refractivity contribution is 5.89. The number of amides is 1. The molecule has 19 heavy (non-hydrogen) atoms. The molecule has 1 amide bonds. The summed E-state index contributed by atoms with van der Waals surface area (Å²) in [6.07, 6.45) is 1.62. The van der Waals surface area contributed by atoms with Crippen LogP contribution in [0.4, 0.5) is 5.88 Å². The van der Waals surface area contributed by atoms with Gasteiger partial charge in [-0.05, 0) is 5.92 Å². The number of aromatic nitrogens is 4. The van der Waals surface area contributed by atoms with Gasteiger partial charge in [0.25, 0.3) is 0 Å². The van der Waals surface area contributed by atoms with Crippen LogP contribution in [0.1, 0.15) is 31.2 Å². The van der Waals surface area contributed by atoms with Gasteiger partial charge in [0.1, 0.15) is 6.54 Å². The van der Waals surface area contributed by atoms with Gasteiger partial charge in [0.15, 0.2) is 0 Å². The van der Waals surface area contributed by atoms with E-state index < -0.39 is 0 Å². The van der Waals surface area contributed by atoms with Gasteiger partial charge >= 0.3 is 0 Å². The van der Waals surface area contributed by atoms with Crippen molar-refractivity contribution < 1.29 is 9.32 Å². The molecule has 0 saturated heterocycles. The number of carbonyl (C=O) groups is 1. The molecular weight excluding hydrogens is 248 g/mol. The average molecular weight is 264 g/mol. The van der Waals surface area contributed by atoms with Crippen LogP contribution in [0.25, 0.3) is 0 Å². The summed E-state index contributed by atoms with van der Waals surface area (Å²) in [6.45, 7) is 4.33. The van der Waals surface area contributed by atoms with E-state index in [1.807, 2.05) is 13.8 Å². The number of hydrogen-bond donors (Lipinski definition) is 2. The normalized spacial score (nSPS) is 10.9. The molecule has 0 aromatic carbocycles. The van der Waals surface area contributed by atoms with Crippen LogP contribution in [0, 0.1) is 0 Å². The Balaban J connectivity index is 1.93. The zero-order chi connectivity index (χ0) is 13.8. The van der Waals surface area contributed by atoms with Crippen molar-refractivity contribution in [3.63, 3.8) is 0 Å². The molecule has 0 spiro atoms. The Morgan fingerprint density at radius 2 is 2.37 bits per heavy atom. The summed E-state index contributed by atoms with van der Waals surface area (Å²) in [6, 6.07) is 1.70. The van der Waals surface area contributed by atoms with Gasteiger partial charge in [0.2, 0.25) is 11.8 Å². The van der Waals surface area contributed by atoms with Crippen molar-refractivity contribution in [3.8, 4) is 0 Å². The van der Waals surface area contributed by atoms with E-state index in [-0.39, 0.29) is 18.4 Å². The van der Waals surface area contributed by atoms with Crippen LogP contribution in [0.15, 0.2) is 16.8 Å². The first-order valence-electron chi connectivity index (χ1n) is 5.94. The molecule has 3 N–H and O–H groups in total. The fraction of sp³-hybridized carbons (Fsp3) is 0.455. The number of rotatable bonds is 5. The Morgan fingerprint density at radius 1 is 1.58 bits per heavy atom. The lowest BCUT2D eigenvalue weighted by molar-refractivity contribution is -0.117. The minimum atomic E-state index is -0.264. The predicted octanol–water partition coefficient (Wildman–Crippen LogP) is 0.487. The third-order valence-electron chi connectivity index (χ3n) is 2.48. The lowest BCUT2D eigenvalue weighted by Gasteiger charge is -2.00. The van der Waals surface area contributed by atoms with E-state index in [2.05, 4.69) is 20.8 Å². The smallest absolute Gasteiger partial charge is 0.248 e. The topological polar surface area (TPSA) is 112 Å². The van der Waals surface area contributed by atoms with E-state index in [9.17, 15) is 4.79 Å². The largest absolute Gasteiger partial charge is 0.338 e. The summed E-state index contributed by atoms with van der Waals surface area (Å²) in [5.74, 6) is 0.310. The van der Waals surface area contributed by atoms with E-state index >= 15 is 0 Å². The minimum Gasteiger partial charge on any atom is -0.338 e. The Hall–Kier alpha value is -2.22. The second-order valence-electron chi connectivity index (χ2n) is 4.43. The summed E-state index contributed by atoms with van der Waals surface area (Å²) in [7, 11) is 0. The molecule has 0 unspecified atom stereocenters. The molecular formula is C11H16N6O2. The van der Waals surface area contributed by atoms with Crippen molar-refractivity contribution in [1.29, 1.82) is 0 Å². The average Bonchev–Trinajstić information content (AvgIpc) is 2.98. The molecule has 0 fully saturated rings. The Bertz CT molecular complexity index is 559. The highest BCUT2D eigenvalue weighted by Gasteiger charge is 2.11. The van der Waals surface area contributed by atoms with Crippen molar-refractivity contribution in [2.45, 2.75) is 32.9 Å². The van der Waals surface area contributed by atoms with Gasteiger partial charge in [-0.2, -0.15) is 0 Å². The van der Waals surface area contributed by atoms with Crippen molar-refractivity contribution in [1.82, 2.24) is 20.2 Å². The van der Waals surface area contributed by atoms with Gasteiger partial charge < -0.3 is 10.3 Å². The first kappa shape index (κ1) is 13.2. The van der Waals surface area contributed by atoms with Gasteiger partial charge in [0.05, 0.1) is 17.6 Å². The molecule has 0 saturated carbocycles. The molecule has 102 valence electrons. The molecule has 8 nitrogen and oxygen atoms in total. The van der Waals surface area contributed by atoms with Crippen LogP contribution >= 0.6 is 0 Å². The Morgan fingerprint density at radius 3 is 2.95 bits per heavy atom.